The van der Waals surface area contributed by atoms with Crippen molar-refractivity contribution in [2.45, 2.75) is 163 Å². The molecule has 0 saturated heterocycles. The molecule has 0 heterocycles. The topological polar surface area (TPSA) is 124 Å². The van der Waals surface area contributed by atoms with Gasteiger partial charge in [-0.15, -0.1) is 0 Å². The van der Waals surface area contributed by atoms with Gasteiger partial charge in [0, 0.05) is 6.42 Å². The first kappa shape index (κ1) is 44.8. The maximum absolute atomic E-state index is 12.8. The van der Waals surface area contributed by atoms with E-state index in [1.54, 1.807) is 0 Å². The highest BCUT2D eigenvalue weighted by atomic mass is 16.7. The van der Waals surface area contributed by atoms with E-state index in [1.165, 1.54) is 0 Å². The van der Waals surface area contributed by atoms with Gasteiger partial charge in [0.15, 0.2) is 0 Å². The van der Waals surface area contributed by atoms with Gasteiger partial charge in [0.25, 0.3) is 0 Å². The molecule has 0 aromatic rings. The van der Waals surface area contributed by atoms with Crippen LogP contribution in [0.3, 0.4) is 0 Å². The van der Waals surface area contributed by atoms with Crippen molar-refractivity contribution in [1.82, 2.24) is 0 Å². The van der Waals surface area contributed by atoms with Crippen molar-refractivity contribution in [2.24, 2.45) is 17.8 Å². The van der Waals surface area contributed by atoms with Crippen molar-refractivity contribution >= 4 is 23.9 Å². The Labute approximate surface area is 285 Å². The second-order valence-corrected chi connectivity index (χ2v) is 12.5. The molecule has 0 aromatic carbocycles. The Balaban J connectivity index is 5.48. The standard InChI is InChI=1S/C37H68O10/c1-8-15-19-23-34(38)42-24-32(25-43-35(39)29(12-5)20-16-9-2)46-28-47-33(26-44-36(40)30(13-6)21-17-10-3)27-45-37(41)31(14-7)22-18-11-4/h29-33H,8-28H2,1-7H3. The van der Waals surface area contributed by atoms with Crippen molar-refractivity contribution in [3.8, 4) is 0 Å². The molecule has 0 aromatic heterocycles. The second kappa shape index (κ2) is 29.9. The molecule has 0 bridgehead atoms. The Kier molecular flexibility index (Phi) is 28.5. The van der Waals surface area contributed by atoms with Gasteiger partial charge in [-0.25, -0.2) is 0 Å². The van der Waals surface area contributed by atoms with Crippen LogP contribution in [0.5, 0.6) is 0 Å². The Hall–Kier alpha value is -2.20. The molecule has 10 nitrogen and oxygen atoms in total. The highest BCUT2D eigenvalue weighted by Crippen LogP contribution is 2.18. The van der Waals surface area contributed by atoms with Gasteiger partial charge in [-0.1, -0.05) is 99.8 Å². The number of unbranched alkanes of at least 4 members (excludes halogenated alkanes) is 5. The molecule has 4 unspecified atom stereocenters. The van der Waals surface area contributed by atoms with Crippen LogP contribution < -0.4 is 0 Å². The fraction of sp³-hybridized carbons (Fsp3) is 0.892. The molecule has 0 aliphatic heterocycles. The number of ether oxygens (including phenoxy) is 6. The molecule has 276 valence electrons. The van der Waals surface area contributed by atoms with E-state index in [-0.39, 0.29) is 74.9 Å². The van der Waals surface area contributed by atoms with Crippen molar-refractivity contribution in [3.63, 3.8) is 0 Å². The summed E-state index contributed by atoms with van der Waals surface area (Å²) in [6, 6.07) is 0. The van der Waals surface area contributed by atoms with E-state index in [0.29, 0.717) is 25.7 Å². The van der Waals surface area contributed by atoms with Crippen LogP contribution >= 0.6 is 0 Å². The first-order chi connectivity index (χ1) is 22.7. The Morgan fingerprint density at radius 2 is 0.787 bits per heavy atom. The number of esters is 4. The zero-order valence-corrected chi connectivity index (χ0v) is 30.8. The fourth-order valence-corrected chi connectivity index (χ4v) is 4.99. The predicted octanol–water partition coefficient (Wildman–Crippen LogP) is 8.12. The normalized spacial score (nSPS) is 14.4. The van der Waals surface area contributed by atoms with Gasteiger partial charge in [-0.2, -0.15) is 0 Å². The molecule has 0 amide bonds. The Bertz CT molecular complexity index is 785. The summed E-state index contributed by atoms with van der Waals surface area (Å²) in [4.78, 5) is 50.6. The quantitative estimate of drug-likeness (QED) is 0.0309. The van der Waals surface area contributed by atoms with E-state index in [9.17, 15) is 19.2 Å². The lowest BCUT2D eigenvalue weighted by Gasteiger charge is -2.23. The van der Waals surface area contributed by atoms with Crippen LogP contribution in [0.15, 0.2) is 0 Å². The molecular formula is C37H68O10. The van der Waals surface area contributed by atoms with Gasteiger partial charge in [-0.05, 0) is 44.9 Å². The van der Waals surface area contributed by atoms with Crippen LogP contribution in [-0.4, -0.2) is 69.3 Å². The van der Waals surface area contributed by atoms with E-state index in [1.807, 2.05) is 20.8 Å². The van der Waals surface area contributed by atoms with Gasteiger partial charge < -0.3 is 28.4 Å². The first-order valence-electron chi connectivity index (χ1n) is 18.6. The minimum Gasteiger partial charge on any atom is -0.463 e. The summed E-state index contributed by atoms with van der Waals surface area (Å²) in [5.41, 5.74) is 0. The van der Waals surface area contributed by atoms with Crippen molar-refractivity contribution in [3.05, 3.63) is 0 Å². The average Bonchev–Trinajstić information content (AvgIpc) is 3.07. The molecule has 0 N–H and O–H groups in total. The summed E-state index contributed by atoms with van der Waals surface area (Å²) in [5.74, 6) is -1.86. The molecular weight excluding hydrogens is 604 g/mol. The highest BCUT2D eigenvalue weighted by Gasteiger charge is 2.25. The van der Waals surface area contributed by atoms with Crippen LogP contribution in [0.1, 0.15) is 151 Å². The molecule has 0 rings (SSSR count). The zero-order valence-electron chi connectivity index (χ0n) is 30.8. The number of hydrogen-bond donors (Lipinski definition) is 0. The number of carbonyl (C=O) groups is 4. The number of carbonyl (C=O) groups excluding carboxylic acids is 4. The third-order valence-corrected chi connectivity index (χ3v) is 8.45. The van der Waals surface area contributed by atoms with Crippen molar-refractivity contribution in [2.75, 3.05) is 33.2 Å². The van der Waals surface area contributed by atoms with Gasteiger partial charge >= 0.3 is 23.9 Å². The largest absolute Gasteiger partial charge is 0.463 e. The van der Waals surface area contributed by atoms with Crippen molar-refractivity contribution in [1.29, 1.82) is 0 Å². The summed E-state index contributed by atoms with van der Waals surface area (Å²) < 4.78 is 34.1. The van der Waals surface area contributed by atoms with Crippen molar-refractivity contribution < 1.29 is 47.6 Å². The second-order valence-electron chi connectivity index (χ2n) is 12.5. The molecule has 0 aliphatic carbocycles. The maximum Gasteiger partial charge on any atom is 0.309 e. The Morgan fingerprint density at radius 3 is 1.11 bits per heavy atom. The zero-order chi connectivity index (χ0) is 35.3. The Morgan fingerprint density at radius 1 is 0.447 bits per heavy atom. The number of rotatable bonds is 31. The SMILES string of the molecule is CCCCCC(=O)OCC(COC(=O)C(CC)CCCC)OCOC(COC(=O)C(CC)CCCC)COC(=O)C(CC)CCCC. The van der Waals surface area contributed by atoms with E-state index >= 15 is 0 Å². The van der Waals surface area contributed by atoms with Crippen LogP contribution in [0.4, 0.5) is 0 Å². The summed E-state index contributed by atoms with van der Waals surface area (Å²) in [5, 5.41) is 0. The van der Waals surface area contributed by atoms with E-state index in [0.717, 1.165) is 77.0 Å². The van der Waals surface area contributed by atoms with E-state index < -0.39 is 12.2 Å². The monoisotopic (exact) mass is 672 g/mol. The summed E-state index contributed by atoms with van der Waals surface area (Å²) >= 11 is 0. The van der Waals surface area contributed by atoms with Crippen LogP contribution in [0.2, 0.25) is 0 Å². The third-order valence-electron chi connectivity index (χ3n) is 8.45. The molecule has 0 radical (unpaired) electrons. The predicted molar refractivity (Wildman–Crippen MR) is 183 cm³/mol. The van der Waals surface area contributed by atoms with Gasteiger partial charge in [0.05, 0.1) is 17.8 Å². The molecule has 0 saturated carbocycles. The van der Waals surface area contributed by atoms with Gasteiger partial charge in [-0.3, -0.25) is 19.2 Å². The molecule has 10 heteroatoms. The summed E-state index contributed by atoms with van der Waals surface area (Å²) in [6.07, 6.45) is 11.5. The van der Waals surface area contributed by atoms with E-state index in [2.05, 4.69) is 27.7 Å². The molecule has 0 spiro atoms. The first-order valence-corrected chi connectivity index (χ1v) is 18.6. The van der Waals surface area contributed by atoms with Crippen LogP contribution in [-0.2, 0) is 47.6 Å². The van der Waals surface area contributed by atoms with Gasteiger partial charge in [0.1, 0.15) is 45.4 Å². The minimum atomic E-state index is -0.770. The third kappa shape index (κ3) is 22.1. The maximum atomic E-state index is 12.8. The highest BCUT2D eigenvalue weighted by molar-refractivity contribution is 5.73. The summed E-state index contributed by atoms with van der Waals surface area (Å²) in [7, 11) is 0. The lowest BCUT2D eigenvalue weighted by Crippen LogP contribution is -2.34. The van der Waals surface area contributed by atoms with Crippen LogP contribution in [0.25, 0.3) is 0 Å². The minimum absolute atomic E-state index is 0.104. The smallest absolute Gasteiger partial charge is 0.309 e. The lowest BCUT2D eigenvalue weighted by molar-refractivity contribution is -0.185. The lowest BCUT2D eigenvalue weighted by atomic mass is 10.00. The average molecular weight is 673 g/mol. The number of hydrogen-bond acceptors (Lipinski definition) is 10. The van der Waals surface area contributed by atoms with Crippen LogP contribution in [0, 0.1) is 17.8 Å². The molecule has 4 atom stereocenters. The molecule has 0 aliphatic rings. The summed E-state index contributed by atoms with van der Waals surface area (Å²) in [6.45, 7) is 13.5. The van der Waals surface area contributed by atoms with Gasteiger partial charge in [0.2, 0.25) is 0 Å². The molecule has 0 fully saturated rings. The molecule has 47 heavy (non-hydrogen) atoms. The fourth-order valence-electron chi connectivity index (χ4n) is 4.99. The van der Waals surface area contributed by atoms with E-state index in [4.69, 9.17) is 28.4 Å².